The van der Waals surface area contributed by atoms with Gasteiger partial charge in [0.1, 0.15) is 5.56 Å². The van der Waals surface area contributed by atoms with Crippen molar-refractivity contribution >= 4 is 23.1 Å². The lowest BCUT2D eigenvalue weighted by Gasteiger charge is -2.08. The zero-order valence-corrected chi connectivity index (χ0v) is 11.1. The van der Waals surface area contributed by atoms with Crippen LogP contribution in [0.3, 0.4) is 0 Å². The van der Waals surface area contributed by atoms with Gasteiger partial charge in [-0.2, -0.15) is 0 Å². The lowest BCUT2D eigenvalue weighted by Crippen LogP contribution is -2.08. The average molecular weight is 280 g/mol. The number of anilines is 1. The highest BCUT2D eigenvalue weighted by Gasteiger charge is 2.15. The number of rotatable bonds is 5. The van der Waals surface area contributed by atoms with Crippen LogP contribution in [0.15, 0.2) is 23.7 Å². The van der Waals surface area contributed by atoms with Crippen LogP contribution in [0.25, 0.3) is 0 Å². The SMILES string of the molecule is CCc1ccsc1CNc1nccc(C(=O)O)c1F. The highest BCUT2D eigenvalue weighted by atomic mass is 32.1. The minimum atomic E-state index is -1.30. The van der Waals surface area contributed by atoms with Gasteiger partial charge in [-0.05, 0) is 29.5 Å². The molecule has 100 valence electrons. The van der Waals surface area contributed by atoms with Gasteiger partial charge < -0.3 is 10.4 Å². The summed E-state index contributed by atoms with van der Waals surface area (Å²) in [5.74, 6) is -2.16. The van der Waals surface area contributed by atoms with E-state index >= 15 is 0 Å². The quantitative estimate of drug-likeness (QED) is 0.883. The van der Waals surface area contributed by atoms with Crippen molar-refractivity contribution in [2.75, 3.05) is 5.32 Å². The Morgan fingerprint density at radius 3 is 3.00 bits per heavy atom. The van der Waals surface area contributed by atoms with Crippen LogP contribution < -0.4 is 5.32 Å². The molecule has 6 heteroatoms. The molecule has 19 heavy (non-hydrogen) atoms. The fraction of sp³-hybridized carbons (Fsp3) is 0.231. The molecule has 0 saturated heterocycles. The number of carboxylic acid groups (broad SMARTS) is 1. The number of hydrogen-bond acceptors (Lipinski definition) is 4. The van der Waals surface area contributed by atoms with E-state index in [4.69, 9.17) is 5.11 Å². The zero-order chi connectivity index (χ0) is 13.8. The summed E-state index contributed by atoms with van der Waals surface area (Å²) in [5, 5.41) is 13.7. The molecule has 2 heterocycles. The topological polar surface area (TPSA) is 62.2 Å². The molecule has 0 bridgehead atoms. The predicted octanol–water partition coefficient (Wildman–Crippen LogP) is 3.15. The Kier molecular flexibility index (Phi) is 4.11. The van der Waals surface area contributed by atoms with Crippen LogP contribution in [-0.4, -0.2) is 16.1 Å². The highest BCUT2D eigenvalue weighted by molar-refractivity contribution is 7.10. The number of aryl methyl sites for hydroxylation is 1. The average Bonchev–Trinajstić information content (AvgIpc) is 2.84. The standard InChI is InChI=1S/C13H13FN2O2S/c1-2-8-4-6-19-10(8)7-16-12-11(14)9(13(17)18)3-5-15-12/h3-6H,2,7H2,1H3,(H,15,16)(H,17,18). The molecule has 0 unspecified atom stereocenters. The third-order valence-corrected chi connectivity index (χ3v) is 3.72. The summed E-state index contributed by atoms with van der Waals surface area (Å²) in [4.78, 5) is 15.7. The molecule has 2 rings (SSSR count). The Labute approximate surface area is 113 Å². The molecule has 0 aliphatic heterocycles. The third kappa shape index (κ3) is 2.90. The van der Waals surface area contributed by atoms with E-state index in [0.717, 1.165) is 17.4 Å². The maximum Gasteiger partial charge on any atom is 0.338 e. The molecule has 2 aromatic rings. The van der Waals surface area contributed by atoms with Gasteiger partial charge in [0.05, 0.1) is 6.54 Å². The van der Waals surface area contributed by atoms with E-state index in [-0.39, 0.29) is 11.4 Å². The first kappa shape index (κ1) is 13.5. The van der Waals surface area contributed by atoms with E-state index in [1.54, 1.807) is 11.3 Å². The first-order valence-corrected chi connectivity index (χ1v) is 6.68. The van der Waals surface area contributed by atoms with Crippen LogP contribution >= 0.6 is 11.3 Å². The first-order valence-electron chi connectivity index (χ1n) is 5.80. The monoisotopic (exact) mass is 280 g/mol. The number of nitrogens with one attached hydrogen (secondary N) is 1. The van der Waals surface area contributed by atoms with Crippen LogP contribution in [0.1, 0.15) is 27.7 Å². The number of halogens is 1. The van der Waals surface area contributed by atoms with Crippen LogP contribution in [0, 0.1) is 5.82 Å². The van der Waals surface area contributed by atoms with E-state index < -0.39 is 11.8 Å². The molecular formula is C13H13FN2O2S. The largest absolute Gasteiger partial charge is 0.478 e. The summed E-state index contributed by atoms with van der Waals surface area (Å²) >= 11 is 1.58. The van der Waals surface area contributed by atoms with Crippen molar-refractivity contribution in [1.29, 1.82) is 0 Å². The van der Waals surface area contributed by atoms with Crippen molar-refractivity contribution in [1.82, 2.24) is 4.98 Å². The summed E-state index contributed by atoms with van der Waals surface area (Å²) in [5.41, 5.74) is 0.826. The van der Waals surface area contributed by atoms with E-state index in [1.807, 2.05) is 11.4 Å². The maximum absolute atomic E-state index is 13.8. The van der Waals surface area contributed by atoms with Crippen molar-refractivity contribution in [2.45, 2.75) is 19.9 Å². The van der Waals surface area contributed by atoms with Gasteiger partial charge in [0.2, 0.25) is 0 Å². The van der Waals surface area contributed by atoms with Crippen molar-refractivity contribution in [2.24, 2.45) is 0 Å². The number of pyridine rings is 1. The third-order valence-electron chi connectivity index (χ3n) is 2.75. The van der Waals surface area contributed by atoms with E-state index in [2.05, 4.69) is 17.2 Å². The second kappa shape index (κ2) is 5.79. The summed E-state index contributed by atoms with van der Waals surface area (Å²) in [7, 11) is 0. The van der Waals surface area contributed by atoms with Gasteiger partial charge in [0, 0.05) is 11.1 Å². The molecule has 0 atom stereocenters. The van der Waals surface area contributed by atoms with E-state index in [1.165, 1.54) is 11.8 Å². The minimum Gasteiger partial charge on any atom is -0.478 e. The number of aromatic carboxylic acids is 1. The zero-order valence-electron chi connectivity index (χ0n) is 10.3. The Morgan fingerprint density at radius 1 is 1.53 bits per heavy atom. The molecule has 2 N–H and O–H groups in total. The lowest BCUT2D eigenvalue weighted by molar-refractivity contribution is 0.0692. The van der Waals surface area contributed by atoms with Gasteiger partial charge >= 0.3 is 5.97 Å². The Bertz CT molecular complexity index is 598. The fourth-order valence-corrected chi connectivity index (χ4v) is 2.65. The number of carboxylic acids is 1. The second-order valence-corrected chi connectivity index (χ2v) is 4.90. The number of carbonyl (C=O) groups is 1. The van der Waals surface area contributed by atoms with Gasteiger partial charge in [-0.25, -0.2) is 14.2 Å². The second-order valence-electron chi connectivity index (χ2n) is 3.90. The predicted molar refractivity (Wildman–Crippen MR) is 72.2 cm³/mol. The van der Waals surface area contributed by atoms with Crippen LogP contribution in [0.2, 0.25) is 0 Å². The number of nitrogens with zero attached hydrogens (tertiary/aromatic N) is 1. The number of hydrogen-bond donors (Lipinski definition) is 2. The Balaban J connectivity index is 2.16. The van der Waals surface area contributed by atoms with Gasteiger partial charge in [-0.3, -0.25) is 0 Å². The van der Waals surface area contributed by atoms with Crippen LogP contribution in [0.5, 0.6) is 0 Å². The normalized spacial score (nSPS) is 10.4. The lowest BCUT2D eigenvalue weighted by atomic mass is 10.2. The Hall–Kier alpha value is -1.95. The highest BCUT2D eigenvalue weighted by Crippen LogP contribution is 2.20. The van der Waals surface area contributed by atoms with Gasteiger partial charge in [0.25, 0.3) is 0 Å². The van der Waals surface area contributed by atoms with Crippen molar-refractivity contribution in [3.63, 3.8) is 0 Å². The maximum atomic E-state index is 13.8. The molecule has 0 fully saturated rings. The molecule has 0 radical (unpaired) electrons. The van der Waals surface area contributed by atoms with Crippen LogP contribution in [-0.2, 0) is 13.0 Å². The van der Waals surface area contributed by atoms with Gasteiger partial charge in [0.15, 0.2) is 11.6 Å². The van der Waals surface area contributed by atoms with Crippen molar-refractivity contribution in [3.05, 3.63) is 45.5 Å². The molecule has 0 aliphatic carbocycles. The van der Waals surface area contributed by atoms with Gasteiger partial charge in [-0.1, -0.05) is 6.92 Å². The minimum absolute atomic E-state index is 0.0321. The summed E-state index contributed by atoms with van der Waals surface area (Å²) < 4.78 is 13.8. The summed E-state index contributed by atoms with van der Waals surface area (Å²) in [6, 6.07) is 3.17. The van der Waals surface area contributed by atoms with Gasteiger partial charge in [-0.15, -0.1) is 11.3 Å². The molecule has 0 amide bonds. The molecule has 0 spiro atoms. The molecule has 0 aliphatic rings. The van der Waals surface area contributed by atoms with Crippen molar-refractivity contribution in [3.8, 4) is 0 Å². The summed E-state index contributed by atoms with van der Waals surface area (Å²) in [6.07, 6.45) is 2.19. The fourth-order valence-electron chi connectivity index (χ4n) is 1.73. The summed E-state index contributed by atoms with van der Waals surface area (Å²) in [6.45, 7) is 2.49. The van der Waals surface area contributed by atoms with E-state index in [0.29, 0.717) is 6.54 Å². The molecule has 0 saturated carbocycles. The molecule has 0 aromatic carbocycles. The number of thiophene rings is 1. The smallest absolute Gasteiger partial charge is 0.338 e. The molecule has 2 aromatic heterocycles. The van der Waals surface area contributed by atoms with Crippen LogP contribution in [0.4, 0.5) is 10.2 Å². The molecule has 4 nitrogen and oxygen atoms in total. The number of aromatic nitrogens is 1. The Morgan fingerprint density at radius 2 is 2.32 bits per heavy atom. The molecular weight excluding hydrogens is 267 g/mol. The van der Waals surface area contributed by atoms with Crippen molar-refractivity contribution < 1.29 is 14.3 Å². The van der Waals surface area contributed by atoms with E-state index in [9.17, 15) is 9.18 Å². The first-order chi connectivity index (χ1) is 9.13.